The number of aromatic nitrogens is 2. The molecular weight excluding hydrogens is 218 g/mol. The maximum absolute atomic E-state index is 5.80. The van der Waals surface area contributed by atoms with E-state index >= 15 is 0 Å². The molecule has 0 radical (unpaired) electrons. The van der Waals surface area contributed by atoms with E-state index in [9.17, 15) is 0 Å². The Morgan fingerprint density at radius 3 is 2.76 bits per heavy atom. The molecule has 2 fully saturated rings. The number of rotatable bonds is 2. The Morgan fingerprint density at radius 2 is 2.00 bits per heavy atom. The van der Waals surface area contributed by atoms with Gasteiger partial charge in [-0.3, -0.25) is 0 Å². The predicted molar refractivity (Wildman–Crippen MR) is 61.7 cm³/mol. The highest BCUT2D eigenvalue weighted by atomic mass is 16.5. The first-order valence-electron chi connectivity index (χ1n) is 6.58. The molecule has 2 saturated heterocycles. The summed E-state index contributed by atoms with van der Waals surface area (Å²) in [7, 11) is 0. The Labute approximate surface area is 101 Å². The van der Waals surface area contributed by atoms with Gasteiger partial charge in [-0.15, -0.1) is 10.2 Å². The smallest absolute Gasteiger partial charge is 0.233 e. The van der Waals surface area contributed by atoms with Crippen molar-refractivity contribution in [3.63, 3.8) is 0 Å². The molecule has 1 aromatic heterocycles. The monoisotopic (exact) mass is 237 g/mol. The molecule has 3 heterocycles. The van der Waals surface area contributed by atoms with Crippen molar-refractivity contribution in [3.05, 3.63) is 11.8 Å². The number of hydrogen-bond acceptors (Lipinski definition) is 5. The summed E-state index contributed by atoms with van der Waals surface area (Å²) in [4.78, 5) is 0. The molecule has 1 aromatic rings. The van der Waals surface area contributed by atoms with Crippen molar-refractivity contribution >= 4 is 0 Å². The molecule has 0 saturated carbocycles. The molecule has 0 bridgehead atoms. The average Bonchev–Trinajstić information content (AvgIpc) is 2.90. The van der Waals surface area contributed by atoms with Gasteiger partial charge in [0.1, 0.15) is 0 Å². The van der Waals surface area contributed by atoms with E-state index in [1.807, 2.05) is 0 Å². The van der Waals surface area contributed by atoms with E-state index in [4.69, 9.17) is 9.15 Å². The molecule has 2 aliphatic heterocycles. The highest BCUT2D eigenvalue weighted by molar-refractivity contribution is 4.97. The van der Waals surface area contributed by atoms with E-state index in [0.717, 1.165) is 50.8 Å². The third-order valence-corrected chi connectivity index (χ3v) is 3.57. The number of piperidine rings is 1. The van der Waals surface area contributed by atoms with Crippen LogP contribution in [0, 0.1) is 0 Å². The fraction of sp³-hybridized carbons (Fsp3) is 0.833. The Morgan fingerprint density at radius 1 is 1.06 bits per heavy atom. The fourth-order valence-corrected chi connectivity index (χ4v) is 2.55. The van der Waals surface area contributed by atoms with Crippen LogP contribution in [0.3, 0.4) is 0 Å². The number of nitrogens with zero attached hydrogens (tertiary/aromatic N) is 2. The van der Waals surface area contributed by atoms with Gasteiger partial charge < -0.3 is 14.5 Å². The minimum Gasteiger partial charge on any atom is -0.423 e. The summed E-state index contributed by atoms with van der Waals surface area (Å²) in [5, 5.41) is 11.8. The quantitative estimate of drug-likeness (QED) is 0.849. The van der Waals surface area contributed by atoms with Crippen molar-refractivity contribution < 1.29 is 9.15 Å². The van der Waals surface area contributed by atoms with Crippen LogP contribution in [0.2, 0.25) is 0 Å². The molecule has 0 amide bonds. The van der Waals surface area contributed by atoms with Gasteiger partial charge in [0.05, 0.1) is 18.6 Å². The zero-order chi connectivity index (χ0) is 11.5. The summed E-state index contributed by atoms with van der Waals surface area (Å²) in [6.45, 7) is 2.64. The van der Waals surface area contributed by atoms with Crippen molar-refractivity contribution in [2.24, 2.45) is 0 Å². The summed E-state index contributed by atoms with van der Waals surface area (Å²) in [6.07, 6.45) is 5.77. The van der Waals surface area contributed by atoms with Gasteiger partial charge in [-0.1, -0.05) is 6.42 Å². The van der Waals surface area contributed by atoms with Crippen LogP contribution in [-0.2, 0) is 4.74 Å². The molecule has 2 aliphatic rings. The van der Waals surface area contributed by atoms with Crippen LogP contribution in [0.1, 0.15) is 55.8 Å². The van der Waals surface area contributed by atoms with Crippen molar-refractivity contribution in [2.45, 2.75) is 44.1 Å². The van der Waals surface area contributed by atoms with Crippen molar-refractivity contribution in [1.82, 2.24) is 15.5 Å². The lowest BCUT2D eigenvalue weighted by molar-refractivity contribution is 0.0718. The van der Waals surface area contributed by atoms with Gasteiger partial charge in [0.2, 0.25) is 11.8 Å². The first-order valence-corrected chi connectivity index (χ1v) is 6.58. The maximum Gasteiger partial charge on any atom is 0.233 e. The molecular formula is C12H19N3O2. The van der Waals surface area contributed by atoms with Crippen LogP contribution < -0.4 is 5.32 Å². The number of nitrogens with one attached hydrogen (secondary N) is 1. The van der Waals surface area contributed by atoms with Gasteiger partial charge in [0, 0.05) is 6.61 Å². The third-order valence-electron chi connectivity index (χ3n) is 3.57. The van der Waals surface area contributed by atoms with Gasteiger partial charge in [0.15, 0.2) is 0 Å². The zero-order valence-corrected chi connectivity index (χ0v) is 10.0. The summed E-state index contributed by atoms with van der Waals surface area (Å²) in [5.74, 6) is 1.81. The lowest BCUT2D eigenvalue weighted by Crippen LogP contribution is -2.27. The maximum atomic E-state index is 5.80. The molecule has 1 N–H and O–H groups in total. The predicted octanol–water partition coefficient (Wildman–Crippen LogP) is 1.78. The summed E-state index contributed by atoms with van der Waals surface area (Å²) in [5.41, 5.74) is 0. The van der Waals surface area contributed by atoms with Crippen LogP contribution in [0.4, 0.5) is 0 Å². The van der Waals surface area contributed by atoms with Crippen LogP contribution in [0.5, 0.6) is 0 Å². The molecule has 2 unspecified atom stereocenters. The minimum atomic E-state index is 0.259. The molecule has 0 aliphatic carbocycles. The Bertz CT molecular complexity index is 322. The Kier molecular flexibility index (Phi) is 3.38. The molecule has 5 nitrogen and oxygen atoms in total. The number of ether oxygens (including phenoxy) is 1. The SMILES string of the molecule is C1CCC(c2nnc(C3CCCOC3)o2)NC1. The van der Waals surface area contributed by atoms with E-state index in [0.29, 0.717) is 5.92 Å². The number of hydrogen-bond donors (Lipinski definition) is 1. The van der Waals surface area contributed by atoms with E-state index in [-0.39, 0.29) is 6.04 Å². The highest BCUT2D eigenvalue weighted by Crippen LogP contribution is 2.27. The van der Waals surface area contributed by atoms with Gasteiger partial charge >= 0.3 is 0 Å². The van der Waals surface area contributed by atoms with Gasteiger partial charge in [-0.25, -0.2) is 0 Å². The Hall–Kier alpha value is -0.940. The largest absolute Gasteiger partial charge is 0.423 e. The Balaban J connectivity index is 1.68. The molecule has 0 aromatic carbocycles. The second-order valence-electron chi connectivity index (χ2n) is 4.90. The molecule has 94 valence electrons. The standard InChI is InChI=1S/C12H19N3O2/c1-2-6-13-10(5-1)12-15-14-11(17-12)9-4-3-7-16-8-9/h9-10,13H,1-8H2. The van der Waals surface area contributed by atoms with E-state index in [1.165, 1.54) is 12.8 Å². The highest BCUT2D eigenvalue weighted by Gasteiger charge is 2.25. The van der Waals surface area contributed by atoms with Crippen LogP contribution in [0.15, 0.2) is 4.42 Å². The topological polar surface area (TPSA) is 60.2 Å². The van der Waals surface area contributed by atoms with Gasteiger partial charge in [0.25, 0.3) is 0 Å². The minimum absolute atomic E-state index is 0.259. The van der Waals surface area contributed by atoms with Crippen LogP contribution >= 0.6 is 0 Å². The molecule has 3 rings (SSSR count). The first-order chi connectivity index (χ1) is 8.43. The third kappa shape index (κ3) is 2.50. The molecule has 2 atom stereocenters. The molecule has 17 heavy (non-hydrogen) atoms. The average molecular weight is 237 g/mol. The fourth-order valence-electron chi connectivity index (χ4n) is 2.55. The second-order valence-corrected chi connectivity index (χ2v) is 4.90. The molecule has 0 spiro atoms. The summed E-state index contributed by atoms with van der Waals surface area (Å²) >= 11 is 0. The van der Waals surface area contributed by atoms with Gasteiger partial charge in [-0.2, -0.15) is 0 Å². The van der Waals surface area contributed by atoms with Crippen molar-refractivity contribution in [1.29, 1.82) is 0 Å². The van der Waals surface area contributed by atoms with Gasteiger partial charge in [-0.05, 0) is 32.2 Å². The molecule has 5 heteroatoms. The first kappa shape index (κ1) is 11.2. The van der Waals surface area contributed by atoms with Crippen molar-refractivity contribution in [3.8, 4) is 0 Å². The summed E-state index contributed by atoms with van der Waals surface area (Å²) < 4.78 is 11.2. The zero-order valence-electron chi connectivity index (χ0n) is 10.0. The van der Waals surface area contributed by atoms with Crippen LogP contribution in [-0.4, -0.2) is 30.0 Å². The lowest BCUT2D eigenvalue weighted by Gasteiger charge is -2.20. The second kappa shape index (κ2) is 5.14. The van der Waals surface area contributed by atoms with Crippen LogP contribution in [0.25, 0.3) is 0 Å². The lowest BCUT2D eigenvalue weighted by atomic mass is 10.0. The van der Waals surface area contributed by atoms with E-state index in [1.54, 1.807) is 0 Å². The normalized spacial score (nSPS) is 30.4. The van der Waals surface area contributed by atoms with E-state index < -0.39 is 0 Å². The summed E-state index contributed by atoms with van der Waals surface area (Å²) in [6, 6.07) is 0.259. The van der Waals surface area contributed by atoms with E-state index in [2.05, 4.69) is 15.5 Å². The van der Waals surface area contributed by atoms with Crippen molar-refractivity contribution in [2.75, 3.05) is 19.8 Å².